The summed E-state index contributed by atoms with van der Waals surface area (Å²) in [5, 5.41) is 16.8. The van der Waals surface area contributed by atoms with Crippen molar-refractivity contribution in [3.8, 4) is 0 Å². The maximum atomic E-state index is 6.17. The van der Waals surface area contributed by atoms with Gasteiger partial charge in [-0.05, 0) is 35.9 Å². The van der Waals surface area contributed by atoms with E-state index in [4.69, 9.17) is 11.6 Å². The molecule has 0 spiro atoms. The van der Waals surface area contributed by atoms with Crippen LogP contribution in [0.2, 0.25) is 0 Å². The summed E-state index contributed by atoms with van der Waals surface area (Å²) < 4.78 is 1.67. The highest BCUT2D eigenvalue weighted by molar-refractivity contribution is 6.64. The molecular weight excluding hydrogens is 302 g/mol. The minimum Gasteiger partial charge on any atom is -0.231 e. The molecule has 0 unspecified atom stereocenters. The zero-order valence-electron chi connectivity index (χ0n) is 11.3. The minimum atomic E-state index is 0.177. The summed E-state index contributed by atoms with van der Waals surface area (Å²) in [5.41, 5.74) is 3.25. The molecule has 22 heavy (non-hydrogen) atoms. The van der Waals surface area contributed by atoms with Gasteiger partial charge in [-0.15, -0.1) is 20.1 Å². The van der Waals surface area contributed by atoms with Gasteiger partial charge in [-0.25, -0.2) is 9.67 Å². The van der Waals surface area contributed by atoms with Crippen LogP contribution in [0.25, 0.3) is 22.1 Å². The van der Waals surface area contributed by atoms with E-state index in [2.05, 4.69) is 25.5 Å². The second kappa shape index (κ2) is 5.19. The van der Waals surface area contributed by atoms with Crippen LogP contribution in [0.3, 0.4) is 0 Å². The molecule has 0 saturated heterocycles. The first-order valence-corrected chi connectivity index (χ1v) is 7.00. The molecular formula is C14H10ClN7. The summed E-state index contributed by atoms with van der Waals surface area (Å²) in [7, 11) is 0. The molecule has 7 nitrogen and oxygen atoms in total. The van der Waals surface area contributed by atoms with Gasteiger partial charge in [-0.1, -0.05) is 29.5 Å². The van der Waals surface area contributed by atoms with Crippen LogP contribution in [-0.4, -0.2) is 35.3 Å². The predicted octanol–water partition coefficient (Wildman–Crippen LogP) is 2.28. The Morgan fingerprint density at radius 1 is 0.955 bits per heavy atom. The van der Waals surface area contributed by atoms with Gasteiger partial charge < -0.3 is 0 Å². The van der Waals surface area contributed by atoms with Gasteiger partial charge in [0.15, 0.2) is 0 Å². The second-order valence-electron chi connectivity index (χ2n) is 4.62. The number of nitrogens with zero attached hydrogens (tertiary/aromatic N) is 7. The summed E-state index contributed by atoms with van der Waals surface area (Å²) >= 11 is 6.17. The summed E-state index contributed by atoms with van der Waals surface area (Å²) in [6.45, 7) is 0.247. The molecule has 0 amide bonds. The number of hydrogen-bond donors (Lipinski definition) is 0. The maximum Gasteiger partial charge on any atom is 0.240 e. The van der Waals surface area contributed by atoms with Crippen LogP contribution in [-0.2, 0) is 6.67 Å². The average Bonchev–Trinajstić information content (AvgIpc) is 3.16. The molecule has 8 heteroatoms. The Labute approximate surface area is 129 Å². The third kappa shape index (κ3) is 2.21. The van der Waals surface area contributed by atoms with Crippen LogP contribution in [0.4, 0.5) is 0 Å². The van der Waals surface area contributed by atoms with Gasteiger partial charge in [0.1, 0.15) is 23.2 Å². The topological polar surface area (TPSA) is 73.8 Å². The molecule has 2 aromatic heterocycles. The van der Waals surface area contributed by atoms with Gasteiger partial charge in [-0.2, -0.15) is 0 Å². The van der Waals surface area contributed by atoms with Crippen LogP contribution in [0.15, 0.2) is 53.5 Å². The van der Waals surface area contributed by atoms with Crippen molar-refractivity contribution in [3.05, 3.63) is 48.5 Å². The highest BCUT2D eigenvalue weighted by atomic mass is 35.5. The van der Waals surface area contributed by atoms with Gasteiger partial charge >= 0.3 is 0 Å². The van der Waals surface area contributed by atoms with E-state index in [0.29, 0.717) is 0 Å². The Kier molecular flexibility index (Phi) is 3.05. The van der Waals surface area contributed by atoms with Gasteiger partial charge in [0, 0.05) is 0 Å². The van der Waals surface area contributed by atoms with Crippen LogP contribution in [0, 0.1) is 0 Å². The minimum absolute atomic E-state index is 0.177. The highest BCUT2D eigenvalue weighted by Gasteiger charge is 2.07. The molecule has 0 aliphatic heterocycles. The van der Waals surface area contributed by atoms with E-state index in [1.165, 1.54) is 4.80 Å². The van der Waals surface area contributed by atoms with Crippen molar-refractivity contribution in [2.45, 2.75) is 6.67 Å². The molecule has 0 aliphatic rings. The first-order chi connectivity index (χ1) is 10.8. The third-order valence-corrected chi connectivity index (χ3v) is 3.48. The van der Waals surface area contributed by atoms with Gasteiger partial charge in [0.05, 0.1) is 5.52 Å². The Morgan fingerprint density at radius 2 is 1.59 bits per heavy atom. The number of aliphatic imine (C=N–C) groups is 1. The van der Waals surface area contributed by atoms with E-state index in [0.717, 1.165) is 22.1 Å². The number of benzene rings is 2. The molecule has 2 aromatic carbocycles. The van der Waals surface area contributed by atoms with E-state index < -0.39 is 0 Å². The van der Waals surface area contributed by atoms with E-state index in [9.17, 15) is 0 Å². The molecule has 0 aliphatic carbocycles. The van der Waals surface area contributed by atoms with Crippen molar-refractivity contribution in [1.29, 1.82) is 0 Å². The number of rotatable bonds is 2. The molecule has 0 bridgehead atoms. The zero-order chi connectivity index (χ0) is 14.9. The molecule has 2 heterocycles. The lowest BCUT2D eigenvalue weighted by atomic mass is 10.3. The molecule has 0 fully saturated rings. The van der Waals surface area contributed by atoms with Crippen LogP contribution in [0.5, 0.6) is 0 Å². The van der Waals surface area contributed by atoms with Gasteiger partial charge in [0.2, 0.25) is 5.29 Å². The fraction of sp³-hybridized carbons (Fsp3) is 0.0714. The molecule has 4 rings (SSSR count). The van der Waals surface area contributed by atoms with Crippen molar-refractivity contribution >= 4 is 39.0 Å². The van der Waals surface area contributed by atoms with Crippen molar-refractivity contribution in [2.75, 3.05) is 0 Å². The lowest BCUT2D eigenvalue weighted by Crippen LogP contribution is -2.10. The van der Waals surface area contributed by atoms with Crippen molar-refractivity contribution in [1.82, 2.24) is 30.0 Å². The summed E-state index contributed by atoms with van der Waals surface area (Å²) in [4.78, 5) is 5.57. The number of aromatic nitrogens is 6. The highest BCUT2D eigenvalue weighted by Crippen LogP contribution is 2.10. The second-order valence-corrected chi connectivity index (χ2v) is 4.96. The molecule has 4 aromatic rings. The number of hydrogen-bond acceptors (Lipinski definition) is 5. The molecule has 108 valence electrons. The molecule has 0 radical (unpaired) electrons. The van der Waals surface area contributed by atoms with Crippen LogP contribution >= 0.6 is 11.6 Å². The number of halogens is 1. The van der Waals surface area contributed by atoms with Crippen molar-refractivity contribution in [3.63, 3.8) is 0 Å². The summed E-state index contributed by atoms with van der Waals surface area (Å²) in [5.74, 6) is 0. The van der Waals surface area contributed by atoms with E-state index >= 15 is 0 Å². The van der Waals surface area contributed by atoms with Crippen molar-refractivity contribution in [2.24, 2.45) is 4.99 Å². The summed E-state index contributed by atoms with van der Waals surface area (Å²) in [6, 6.07) is 15.2. The smallest absolute Gasteiger partial charge is 0.231 e. The maximum absolute atomic E-state index is 6.17. The largest absolute Gasteiger partial charge is 0.240 e. The van der Waals surface area contributed by atoms with E-state index in [1.54, 1.807) is 4.68 Å². The average molecular weight is 312 g/mol. The SMILES string of the molecule is Cl/C(=N/Cn1nnc2ccccc21)n1nc2ccccc2n1. The lowest BCUT2D eigenvalue weighted by Gasteiger charge is -1.98. The quantitative estimate of drug-likeness (QED) is 0.420. The first-order valence-electron chi connectivity index (χ1n) is 6.62. The number of para-hydroxylation sites is 1. The van der Waals surface area contributed by atoms with E-state index in [-0.39, 0.29) is 12.0 Å². The summed E-state index contributed by atoms with van der Waals surface area (Å²) in [6.07, 6.45) is 0. The Hall–Kier alpha value is -2.80. The van der Waals surface area contributed by atoms with E-state index in [1.807, 2.05) is 48.5 Å². The standard InChI is InChI=1S/C14H10ClN7/c15-14(22-18-10-5-1-2-6-11(10)19-22)16-9-21-13-8-4-3-7-12(13)17-20-21/h1-8H,9H2/b16-14-. The molecule has 0 atom stereocenters. The van der Waals surface area contributed by atoms with Gasteiger partial charge in [0.25, 0.3) is 0 Å². The lowest BCUT2D eigenvalue weighted by molar-refractivity contribution is 0.625. The van der Waals surface area contributed by atoms with Crippen LogP contribution in [0.1, 0.15) is 0 Å². The van der Waals surface area contributed by atoms with Crippen molar-refractivity contribution < 1.29 is 0 Å². The zero-order valence-corrected chi connectivity index (χ0v) is 12.1. The Balaban J connectivity index is 1.64. The third-order valence-electron chi connectivity index (χ3n) is 3.21. The van der Waals surface area contributed by atoms with Gasteiger partial charge in [-0.3, -0.25) is 0 Å². The molecule has 0 saturated carbocycles. The Bertz CT molecular complexity index is 952. The molecule has 0 N–H and O–H groups in total. The number of fused-ring (bicyclic) bond motifs is 2. The fourth-order valence-electron chi connectivity index (χ4n) is 2.15. The van der Waals surface area contributed by atoms with Crippen LogP contribution < -0.4 is 0 Å². The fourth-order valence-corrected chi connectivity index (χ4v) is 2.28. The Morgan fingerprint density at radius 3 is 2.32 bits per heavy atom. The monoisotopic (exact) mass is 311 g/mol. The predicted molar refractivity (Wildman–Crippen MR) is 83.7 cm³/mol. The normalized spacial score (nSPS) is 12.3. The first kappa shape index (κ1) is 12.9.